The first kappa shape index (κ1) is 25.6. The maximum Gasteiger partial charge on any atom is 0.573 e. The highest BCUT2D eigenvalue weighted by molar-refractivity contribution is 5.90. The lowest BCUT2D eigenvalue weighted by Crippen LogP contribution is -2.18. The van der Waals surface area contributed by atoms with E-state index in [-0.39, 0.29) is 24.7 Å². The lowest BCUT2D eigenvalue weighted by atomic mass is 10.2. The van der Waals surface area contributed by atoms with Crippen molar-refractivity contribution in [2.45, 2.75) is 25.7 Å². The average molecular weight is 483 g/mol. The molecule has 0 spiro atoms. The largest absolute Gasteiger partial charge is 0.573 e. The van der Waals surface area contributed by atoms with Crippen molar-refractivity contribution >= 4 is 16.6 Å². The highest BCUT2D eigenvalue weighted by Crippen LogP contribution is 2.28. The normalized spacial score (nSPS) is 11.6. The van der Waals surface area contributed by atoms with E-state index in [0.717, 1.165) is 35.5 Å². The predicted octanol–water partition coefficient (Wildman–Crippen LogP) is 3.83. The van der Waals surface area contributed by atoms with Crippen LogP contribution in [0.5, 0.6) is 11.5 Å². The molecule has 0 bridgehead atoms. The van der Waals surface area contributed by atoms with E-state index < -0.39 is 6.36 Å². The molecule has 0 aliphatic carbocycles. The minimum atomic E-state index is -4.79. The molecule has 0 atom stereocenters. The number of halogens is 3. The summed E-state index contributed by atoms with van der Waals surface area (Å²) in [6, 6.07) is 10.00. The Kier molecular flexibility index (Phi) is 9.80. The Morgan fingerprint density at radius 2 is 1.85 bits per heavy atom. The van der Waals surface area contributed by atoms with Gasteiger partial charge in [-0.2, -0.15) is 5.10 Å². The maximum absolute atomic E-state index is 12.6. The lowest BCUT2D eigenvalue weighted by molar-refractivity contribution is -0.274. The summed E-state index contributed by atoms with van der Waals surface area (Å²) in [6.07, 6.45) is -1.29. The number of nitrogens with one attached hydrogen (secondary N) is 3. The van der Waals surface area contributed by atoms with E-state index in [1.807, 2.05) is 18.2 Å². The van der Waals surface area contributed by atoms with Gasteiger partial charge in [-0.15, -0.1) is 13.2 Å². The Hall–Kier alpha value is -3.02. The summed E-state index contributed by atoms with van der Waals surface area (Å²) in [7, 11) is 0. The topological polar surface area (TPSA) is 101 Å². The number of ether oxygens (including phenoxy) is 3. The van der Waals surface area contributed by atoms with Crippen LogP contribution in [-0.2, 0) is 11.3 Å². The van der Waals surface area contributed by atoms with Crippen LogP contribution in [0.3, 0.4) is 0 Å². The zero-order valence-electron chi connectivity index (χ0n) is 18.7. The number of hydrogen-bond donors (Lipinski definition) is 4. The number of benzene rings is 2. The van der Waals surface area contributed by atoms with E-state index in [0.29, 0.717) is 38.4 Å². The molecule has 0 saturated heterocycles. The Balaban J connectivity index is 1.30. The molecule has 1 aromatic heterocycles. The molecule has 0 aliphatic heterocycles. The standard InChI is InChI=1S/C23H29F3N4O4/c24-23(25,26)34-19-13-17(12-18(14-19)33-11-8-31)15-27-6-1-2-9-32-10-7-28-21-4-3-5-22-20(21)16-29-30-22/h3-5,12-14,16,27-28,31H,1-2,6-11,15H2,(H,29,30). The first-order chi connectivity index (χ1) is 16.4. The lowest BCUT2D eigenvalue weighted by Gasteiger charge is -2.13. The molecule has 0 unspecified atom stereocenters. The zero-order valence-corrected chi connectivity index (χ0v) is 18.7. The van der Waals surface area contributed by atoms with Crippen molar-refractivity contribution in [3.8, 4) is 11.5 Å². The Morgan fingerprint density at radius 3 is 2.68 bits per heavy atom. The van der Waals surface area contributed by atoms with Crippen LogP contribution in [0.25, 0.3) is 10.9 Å². The van der Waals surface area contributed by atoms with Crippen LogP contribution in [0.1, 0.15) is 18.4 Å². The van der Waals surface area contributed by atoms with Gasteiger partial charge in [0.15, 0.2) is 0 Å². The van der Waals surface area contributed by atoms with E-state index in [1.54, 1.807) is 12.3 Å². The second-order valence-electron chi connectivity index (χ2n) is 7.49. The summed E-state index contributed by atoms with van der Waals surface area (Å²) < 4.78 is 52.6. The molecule has 4 N–H and O–H groups in total. The van der Waals surface area contributed by atoms with Crippen LogP contribution in [0, 0.1) is 0 Å². The number of alkyl halides is 3. The van der Waals surface area contributed by atoms with Gasteiger partial charge in [-0.05, 0) is 49.2 Å². The van der Waals surface area contributed by atoms with Crippen LogP contribution < -0.4 is 20.1 Å². The van der Waals surface area contributed by atoms with Crippen molar-refractivity contribution in [3.63, 3.8) is 0 Å². The minimum absolute atomic E-state index is 0.0170. The summed E-state index contributed by atoms with van der Waals surface area (Å²) in [5.74, 6) is -0.149. The smallest absolute Gasteiger partial charge is 0.491 e. The zero-order chi connectivity index (χ0) is 24.2. The van der Waals surface area contributed by atoms with Gasteiger partial charge in [-0.25, -0.2) is 0 Å². The number of hydrogen-bond acceptors (Lipinski definition) is 7. The molecule has 0 saturated carbocycles. The van der Waals surface area contributed by atoms with Crippen molar-refractivity contribution in [2.24, 2.45) is 0 Å². The first-order valence-corrected chi connectivity index (χ1v) is 11.0. The van der Waals surface area contributed by atoms with E-state index >= 15 is 0 Å². The number of aromatic amines is 1. The second kappa shape index (κ2) is 13.0. The van der Waals surface area contributed by atoms with Crippen molar-refractivity contribution < 1.29 is 32.5 Å². The van der Waals surface area contributed by atoms with Gasteiger partial charge < -0.3 is 30.0 Å². The van der Waals surface area contributed by atoms with E-state index in [2.05, 4.69) is 25.6 Å². The highest BCUT2D eigenvalue weighted by atomic mass is 19.4. The van der Waals surface area contributed by atoms with E-state index in [4.69, 9.17) is 14.6 Å². The molecule has 3 rings (SSSR count). The molecule has 0 radical (unpaired) electrons. The monoisotopic (exact) mass is 482 g/mol. The van der Waals surface area contributed by atoms with E-state index in [9.17, 15) is 13.2 Å². The van der Waals surface area contributed by atoms with Gasteiger partial charge in [0.2, 0.25) is 0 Å². The number of aromatic nitrogens is 2. The molecule has 34 heavy (non-hydrogen) atoms. The number of nitrogens with zero attached hydrogens (tertiary/aromatic N) is 1. The fourth-order valence-electron chi connectivity index (χ4n) is 3.34. The van der Waals surface area contributed by atoms with Gasteiger partial charge in [0.1, 0.15) is 18.1 Å². The Morgan fingerprint density at radius 1 is 1.00 bits per heavy atom. The van der Waals surface area contributed by atoms with Crippen molar-refractivity contribution in [1.29, 1.82) is 0 Å². The van der Waals surface area contributed by atoms with Gasteiger partial charge in [0.25, 0.3) is 0 Å². The molecule has 8 nitrogen and oxygen atoms in total. The van der Waals surface area contributed by atoms with Crippen LogP contribution in [-0.4, -0.2) is 61.2 Å². The van der Waals surface area contributed by atoms with E-state index in [1.165, 1.54) is 6.07 Å². The maximum atomic E-state index is 12.6. The third-order valence-corrected chi connectivity index (χ3v) is 4.80. The molecular formula is C23H29F3N4O4. The Bertz CT molecular complexity index is 1010. The second-order valence-corrected chi connectivity index (χ2v) is 7.49. The minimum Gasteiger partial charge on any atom is -0.491 e. The molecule has 0 aliphatic rings. The number of fused-ring (bicyclic) bond motifs is 1. The summed E-state index contributed by atoms with van der Waals surface area (Å²) in [4.78, 5) is 0. The SMILES string of the molecule is OCCOc1cc(CNCCCCOCCNc2cccc3[nH]ncc23)cc(OC(F)(F)F)c1. The van der Waals surface area contributed by atoms with Crippen molar-refractivity contribution in [3.05, 3.63) is 48.2 Å². The summed E-state index contributed by atoms with van der Waals surface area (Å²) >= 11 is 0. The number of aliphatic hydroxyl groups excluding tert-OH is 1. The van der Waals surface area contributed by atoms with Crippen molar-refractivity contribution in [2.75, 3.05) is 44.8 Å². The molecule has 2 aromatic carbocycles. The summed E-state index contributed by atoms with van der Waals surface area (Å²) in [6.45, 7) is 2.65. The van der Waals surface area contributed by atoms with Gasteiger partial charge in [0.05, 0.1) is 24.9 Å². The predicted molar refractivity (Wildman–Crippen MR) is 122 cm³/mol. The number of anilines is 1. The molecule has 0 amide bonds. The number of H-pyrrole nitrogens is 1. The van der Waals surface area contributed by atoms with Crippen molar-refractivity contribution in [1.82, 2.24) is 15.5 Å². The first-order valence-electron chi connectivity index (χ1n) is 11.0. The quantitative estimate of drug-likeness (QED) is 0.244. The molecule has 1 heterocycles. The van der Waals surface area contributed by atoms with Gasteiger partial charge >= 0.3 is 6.36 Å². The molecule has 11 heteroatoms. The fraction of sp³-hybridized carbons (Fsp3) is 0.435. The van der Waals surface area contributed by atoms with Crippen LogP contribution in [0.4, 0.5) is 18.9 Å². The van der Waals surface area contributed by atoms with Crippen LogP contribution >= 0.6 is 0 Å². The van der Waals surface area contributed by atoms with Gasteiger partial charge in [-0.1, -0.05) is 6.07 Å². The average Bonchev–Trinajstić information content (AvgIpc) is 3.27. The van der Waals surface area contributed by atoms with Gasteiger partial charge in [0, 0.05) is 36.8 Å². The molecule has 3 aromatic rings. The summed E-state index contributed by atoms with van der Waals surface area (Å²) in [5.41, 5.74) is 2.57. The van der Waals surface area contributed by atoms with Gasteiger partial charge in [-0.3, -0.25) is 5.10 Å². The number of unbranched alkanes of at least 4 members (excludes halogenated alkanes) is 1. The number of rotatable bonds is 15. The van der Waals surface area contributed by atoms with Crippen LogP contribution in [0.15, 0.2) is 42.6 Å². The highest BCUT2D eigenvalue weighted by Gasteiger charge is 2.31. The van der Waals surface area contributed by atoms with Crippen LogP contribution in [0.2, 0.25) is 0 Å². The number of aliphatic hydroxyl groups is 1. The third-order valence-electron chi connectivity index (χ3n) is 4.80. The molecule has 0 fully saturated rings. The Labute approximate surface area is 195 Å². The molecular weight excluding hydrogens is 453 g/mol. The molecule has 186 valence electrons. The third kappa shape index (κ3) is 8.73. The summed E-state index contributed by atoms with van der Waals surface area (Å²) in [5, 5.41) is 23.4. The fourth-order valence-corrected chi connectivity index (χ4v) is 3.34.